The summed E-state index contributed by atoms with van der Waals surface area (Å²) in [7, 11) is 0. The largest absolute Gasteiger partial charge is 0.485 e. The van der Waals surface area contributed by atoms with Gasteiger partial charge in [0.2, 0.25) is 0 Å². The van der Waals surface area contributed by atoms with E-state index in [1.807, 2.05) is 12.1 Å². The molecule has 1 aromatic rings. The number of para-hydroxylation sites is 1. The Morgan fingerprint density at radius 2 is 2.05 bits per heavy atom. The van der Waals surface area contributed by atoms with Gasteiger partial charge >= 0.3 is 0 Å². The third-order valence-electron chi connectivity index (χ3n) is 4.06. The molecular formula is C16H23NO3. The Morgan fingerprint density at radius 3 is 2.85 bits per heavy atom. The summed E-state index contributed by atoms with van der Waals surface area (Å²) in [6, 6.07) is 6.12. The van der Waals surface area contributed by atoms with Crippen molar-refractivity contribution in [2.45, 2.75) is 38.3 Å². The summed E-state index contributed by atoms with van der Waals surface area (Å²) in [5, 5.41) is 9.00. The zero-order valence-corrected chi connectivity index (χ0v) is 11.9. The van der Waals surface area contributed by atoms with Gasteiger partial charge in [-0.3, -0.25) is 4.90 Å². The number of nitrogens with zero attached hydrogens (tertiary/aromatic N) is 1. The maximum Gasteiger partial charge on any atom is 0.165 e. The second-order valence-electron chi connectivity index (χ2n) is 5.64. The van der Waals surface area contributed by atoms with Crippen molar-refractivity contribution in [3.63, 3.8) is 0 Å². The minimum absolute atomic E-state index is 0.0299. The van der Waals surface area contributed by atoms with Crippen molar-refractivity contribution in [1.82, 2.24) is 4.90 Å². The van der Waals surface area contributed by atoms with Crippen LogP contribution in [0.25, 0.3) is 0 Å². The van der Waals surface area contributed by atoms with Gasteiger partial charge in [0.25, 0.3) is 0 Å². The Balaban J connectivity index is 1.71. The van der Waals surface area contributed by atoms with Gasteiger partial charge in [-0.15, -0.1) is 0 Å². The number of ether oxygens (including phenoxy) is 2. The number of rotatable bonds is 4. The molecule has 2 aliphatic heterocycles. The fraction of sp³-hybridized carbons (Fsp3) is 0.625. The molecule has 4 heteroatoms. The molecule has 0 saturated carbocycles. The van der Waals surface area contributed by atoms with E-state index >= 15 is 0 Å². The number of aliphatic hydroxyl groups is 1. The number of hydrogen-bond acceptors (Lipinski definition) is 4. The van der Waals surface area contributed by atoms with Crippen LogP contribution in [0.4, 0.5) is 0 Å². The second-order valence-corrected chi connectivity index (χ2v) is 5.64. The topological polar surface area (TPSA) is 41.9 Å². The van der Waals surface area contributed by atoms with Gasteiger partial charge in [0.15, 0.2) is 11.5 Å². The minimum atomic E-state index is -0.0299. The summed E-state index contributed by atoms with van der Waals surface area (Å²) in [6.45, 7) is 3.97. The molecule has 1 fully saturated rings. The minimum Gasteiger partial charge on any atom is -0.485 e. The lowest BCUT2D eigenvalue weighted by Gasteiger charge is -2.30. The second kappa shape index (κ2) is 6.46. The molecule has 0 aromatic heterocycles. The SMILES string of the molecule is OCCC1COc2c(CN3CCCCC3)cccc2O1. The molecule has 110 valence electrons. The Morgan fingerprint density at radius 1 is 1.20 bits per heavy atom. The van der Waals surface area contributed by atoms with Crippen LogP contribution >= 0.6 is 0 Å². The maximum absolute atomic E-state index is 9.00. The zero-order valence-electron chi connectivity index (χ0n) is 11.9. The summed E-state index contributed by atoms with van der Waals surface area (Å²) >= 11 is 0. The molecular weight excluding hydrogens is 254 g/mol. The molecule has 4 nitrogen and oxygen atoms in total. The first kappa shape index (κ1) is 13.7. The molecule has 2 heterocycles. The highest BCUT2D eigenvalue weighted by molar-refractivity contribution is 5.47. The van der Waals surface area contributed by atoms with Crippen molar-refractivity contribution in [3.8, 4) is 11.5 Å². The van der Waals surface area contributed by atoms with E-state index in [1.54, 1.807) is 0 Å². The smallest absolute Gasteiger partial charge is 0.165 e. The highest BCUT2D eigenvalue weighted by atomic mass is 16.6. The predicted octanol–water partition coefficient (Wildman–Crippen LogP) is 2.19. The van der Waals surface area contributed by atoms with Crippen LogP contribution in [0.3, 0.4) is 0 Å². The first-order valence-electron chi connectivity index (χ1n) is 7.61. The highest BCUT2D eigenvalue weighted by Gasteiger charge is 2.23. The summed E-state index contributed by atoms with van der Waals surface area (Å²) in [5.74, 6) is 1.72. The van der Waals surface area contributed by atoms with Crippen molar-refractivity contribution < 1.29 is 14.6 Å². The van der Waals surface area contributed by atoms with Gasteiger partial charge in [0.05, 0.1) is 0 Å². The average Bonchev–Trinajstić information content (AvgIpc) is 2.49. The molecule has 1 saturated heterocycles. The van der Waals surface area contributed by atoms with E-state index in [1.165, 1.54) is 37.9 Å². The average molecular weight is 277 g/mol. The van der Waals surface area contributed by atoms with Crippen LogP contribution in [-0.2, 0) is 6.54 Å². The van der Waals surface area contributed by atoms with Crippen LogP contribution in [0.5, 0.6) is 11.5 Å². The third kappa shape index (κ3) is 3.07. The Kier molecular flexibility index (Phi) is 4.43. The van der Waals surface area contributed by atoms with Crippen LogP contribution in [-0.4, -0.2) is 42.4 Å². The van der Waals surface area contributed by atoms with Gasteiger partial charge in [0.1, 0.15) is 12.7 Å². The van der Waals surface area contributed by atoms with Crippen molar-refractivity contribution in [3.05, 3.63) is 23.8 Å². The monoisotopic (exact) mass is 277 g/mol. The van der Waals surface area contributed by atoms with E-state index in [-0.39, 0.29) is 12.7 Å². The van der Waals surface area contributed by atoms with Crippen LogP contribution in [0, 0.1) is 0 Å². The lowest BCUT2D eigenvalue weighted by atomic mass is 10.1. The number of hydrogen-bond donors (Lipinski definition) is 1. The van der Waals surface area contributed by atoms with E-state index in [4.69, 9.17) is 14.6 Å². The molecule has 0 bridgehead atoms. The molecule has 1 unspecified atom stereocenters. The molecule has 3 rings (SSSR count). The molecule has 1 atom stereocenters. The molecule has 0 aliphatic carbocycles. The van der Waals surface area contributed by atoms with Crippen LogP contribution in [0.15, 0.2) is 18.2 Å². The van der Waals surface area contributed by atoms with E-state index in [0.717, 1.165) is 18.0 Å². The van der Waals surface area contributed by atoms with Crippen molar-refractivity contribution >= 4 is 0 Å². The quantitative estimate of drug-likeness (QED) is 0.916. The normalized spacial score (nSPS) is 22.8. The lowest BCUT2D eigenvalue weighted by Crippen LogP contribution is -2.32. The highest BCUT2D eigenvalue weighted by Crippen LogP contribution is 2.36. The molecule has 1 aromatic carbocycles. The van der Waals surface area contributed by atoms with Gasteiger partial charge in [-0.05, 0) is 32.0 Å². The van der Waals surface area contributed by atoms with Crippen molar-refractivity contribution in [2.75, 3.05) is 26.3 Å². The van der Waals surface area contributed by atoms with Gasteiger partial charge in [-0.1, -0.05) is 18.6 Å². The first-order valence-corrected chi connectivity index (χ1v) is 7.61. The summed E-state index contributed by atoms with van der Waals surface area (Å²) < 4.78 is 11.8. The van der Waals surface area contributed by atoms with E-state index < -0.39 is 0 Å². The van der Waals surface area contributed by atoms with E-state index in [2.05, 4.69) is 11.0 Å². The Bertz CT molecular complexity index is 443. The molecule has 0 spiro atoms. The van der Waals surface area contributed by atoms with Gasteiger partial charge in [-0.2, -0.15) is 0 Å². The van der Waals surface area contributed by atoms with Gasteiger partial charge < -0.3 is 14.6 Å². The summed E-state index contributed by atoms with van der Waals surface area (Å²) in [5.41, 5.74) is 1.21. The maximum atomic E-state index is 9.00. The van der Waals surface area contributed by atoms with Crippen LogP contribution in [0.2, 0.25) is 0 Å². The van der Waals surface area contributed by atoms with Crippen molar-refractivity contribution in [2.24, 2.45) is 0 Å². The predicted molar refractivity (Wildman–Crippen MR) is 77.2 cm³/mol. The number of piperidine rings is 1. The number of fused-ring (bicyclic) bond motifs is 1. The fourth-order valence-corrected chi connectivity index (χ4v) is 2.98. The van der Waals surface area contributed by atoms with Gasteiger partial charge in [0, 0.05) is 25.1 Å². The third-order valence-corrected chi connectivity index (χ3v) is 4.06. The van der Waals surface area contributed by atoms with Gasteiger partial charge in [-0.25, -0.2) is 0 Å². The number of benzene rings is 1. The lowest BCUT2D eigenvalue weighted by molar-refractivity contribution is 0.0685. The zero-order chi connectivity index (χ0) is 13.8. The fourth-order valence-electron chi connectivity index (χ4n) is 2.98. The molecule has 20 heavy (non-hydrogen) atoms. The van der Waals surface area contributed by atoms with Crippen LogP contribution < -0.4 is 9.47 Å². The first-order chi connectivity index (χ1) is 9.86. The summed E-state index contributed by atoms with van der Waals surface area (Å²) in [4.78, 5) is 2.49. The molecule has 2 aliphatic rings. The van der Waals surface area contributed by atoms with Crippen molar-refractivity contribution in [1.29, 1.82) is 0 Å². The Labute approximate surface area is 120 Å². The number of aliphatic hydroxyl groups excluding tert-OH is 1. The van der Waals surface area contributed by atoms with E-state index in [0.29, 0.717) is 13.0 Å². The Hall–Kier alpha value is -1.26. The molecule has 0 amide bonds. The molecule has 0 radical (unpaired) electrons. The summed E-state index contributed by atoms with van der Waals surface area (Å²) in [6.07, 6.45) is 4.54. The van der Waals surface area contributed by atoms with E-state index in [9.17, 15) is 0 Å². The van der Waals surface area contributed by atoms with Crippen LogP contribution in [0.1, 0.15) is 31.2 Å². The molecule has 1 N–H and O–H groups in total. The number of likely N-dealkylation sites (tertiary alicyclic amines) is 1. The standard InChI is InChI=1S/C16H23NO3/c18-10-7-14-12-19-16-13(5-4-6-15(16)20-14)11-17-8-2-1-3-9-17/h4-6,14,18H,1-3,7-12H2.